The lowest BCUT2D eigenvalue weighted by atomic mass is 10.1. The molecule has 0 spiro atoms. The number of nitrogens with zero attached hydrogens (tertiary/aromatic N) is 3. The standard InChI is InChI=1S/C15H14ClN5/c16-13-6-7-15(20-17)19-14(13)10-21-9-12(8-18-21)11-4-2-1-3-5-11/h1-9H,10,17H2,(H,19,20). The van der Waals surface area contributed by atoms with E-state index in [2.05, 4.69) is 15.5 Å². The number of hydrogen-bond donors (Lipinski definition) is 2. The fraction of sp³-hybridized carbons (Fsp3) is 0.0667. The van der Waals surface area contributed by atoms with Gasteiger partial charge in [0.2, 0.25) is 0 Å². The van der Waals surface area contributed by atoms with Crippen molar-refractivity contribution in [3.05, 3.63) is 65.6 Å². The van der Waals surface area contributed by atoms with Crippen LogP contribution < -0.4 is 11.3 Å². The zero-order valence-corrected chi connectivity index (χ0v) is 12.0. The molecule has 0 saturated heterocycles. The first kappa shape index (κ1) is 13.6. The number of nitrogen functional groups attached to an aromatic ring is 1. The minimum atomic E-state index is 0.487. The molecule has 0 aliphatic rings. The van der Waals surface area contributed by atoms with Gasteiger partial charge < -0.3 is 5.43 Å². The van der Waals surface area contributed by atoms with Gasteiger partial charge in [-0.05, 0) is 17.7 Å². The molecule has 0 atom stereocenters. The second kappa shape index (κ2) is 5.95. The summed E-state index contributed by atoms with van der Waals surface area (Å²) in [5.41, 5.74) is 5.41. The number of rotatable bonds is 4. The third-order valence-electron chi connectivity index (χ3n) is 3.12. The van der Waals surface area contributed by atoms with Crippen LogP contribution in [0.3, 0.4) is 0 Å². The Bertz CT molecular complexity index is 739. The van der Waals surface area contributed by atoms with E-state index in [1.54, 1.807) is 16.8 Å². The SMILES string of the molecule is NNc1ccc(Cl)c(Cn2cc(-c3ccccc3)cn2)n1. The molecule has 21 heavy (non-hydrogen) atoms. The highest BCUT2D eigenvalue weighted by Gasteiger charge is 2.07. The first-order valence-corrected chi connectivity index (χ1v) is 6.84. The monoisotopic (exact) mass is 299 g/mol. The third-order valence-corrected chi connectivity index (χ3v) is 3.46. The number of pyridine rings is 1. The van der Waals surface area contributed by atoms with Gasteiger partial charge >= 0.3 is 0 Å². The normalized spacial score (nSPS) is 10.6. The molecule has 2 aromatic heterocycles. The molecule has 3 aromatic rings. The van der Waals surface area contributed by atoms with Crippen molar-refractivity contribution in [3.63, 3.8) is 0 Å². The van der Waals surface area contributed by atoms with E-state index in [9.17, 15) is 0 Å². The van der Waals surface area contributed by atoms with Crippen molar-refractivity contribution < 1.29 is 0 Å². The smallest absolute Gasteiger partial charge is 0.140 e. The number of hydrazine groups is 1. The Morgan fingerprint density at radius 3 is 2.67 bits per heavy atom. The van der Waals surface area contributed by atoms with E-state index in [4.69, 9.17) is 17.4 Å². The van der Waals surface area contributed by atoms with Crippen molar-refractivity contribution in [2.75, 3.05) is 5.43 Å². The lowest BCUT2D eigenvalue weighted by molar-refractivity contribution is 0.673. The number of nitrogens with one attached hydrogen (secondary N) is 1. The van der Waals surface area contributed by atoms with Gasteiger partial charge in [0.05, 0.1) is 23.5 Å². The van der Waals surface area contributed by atoms with Crippen molar-refractivity contribution in [1.82, 2.24) is 14.8 Å². The van der Waals surface area contributed by atoms with Crippen LogP contribution in [0.15, 0.2) is 54.9 Å². The molecular weight excluding hydrogens is 286 g/mol. The second-order valence-corrected chi connectivity index (χ2v) is 4.97. The Morgan fingerprint density at radius 1 is 1.10 bits per heavy atom. The van der Waals surface area contributed by atoms with E-state index in [1.165, 1.54) is 0 Å². The summed E-state index contributed by atoms with van der Waals surface area (Å²) in [6.07, 6.45) is 3.80. The van der Waals surface area contributed by atoms with Crippen molar-refractivity contribution in [3.8, 4) is 11.1 Å². The fourth-order valence-electron chi connectivity index (χ4n) is 2.06. The maximum Gasteiger partial charge on any atom is 0.140 e. The van der Waals surface area contributed by atoms with Crippen LogP contribution in [0.4, 0.5) is 5.82 Å². The Labute approximate surface area is 127 Å². The molecule has 3 rings (SSSR count). The van der Waals surface area contributed by atoms with Crippen molar-refractivity contribution in [1.29, 1.82) is 0 Å². The molecule has 0 bridgehead atoms. The van der Waals surface area contributed by atoms with Crippen LogP contribution in [-0.4, -0.2) is 14.8 Å². The van der Waals surface area contributed by atoms with Crippen LogP contribution in [0, 0.1) is 0 Å². The first-order chi connectivity index (χ1) is 10.3. The van der Waals surface area contributed by atoms with Crippen LogP contribution in [0.1, 0.15) is 5.69 Å². The highest BCUT2D eigenvalue weighted by Crippen LogP contribution is 2.20. The second-order valence-electron chi connectivity index (χ2n) is 4.56. The van der Waals surface area contributed by atoms with E-state index in [0.29, 0.717) is 17.4 Å². The Balaban J connectivity index is 1.85. The quantitative estimate of drug-likeness (QED) is 0.574. The summed E-state index contributed by atoms with van der Waals surface area (Å²) < 4.78 is 1.80. The van der Waals surface area contributed by atoms with Crippen LogP contribution >= 0.6 is 11.6 Å². The molecule has 5 nitrogen and oxygen atoms in total. The van der Waals surface area contributed by atoms with Gasteiger partial charge in [0.15, 0.2) is 0 Å². The molecule has 1 aromatic carbocycles. The molecule has 0 amide bonds. The molecule has 0 unspecified atom stereocenters. The van der Waals surface area contributed by atoms with Gasteiger partial charge in [0, 0.05) is 11.8 Å². The van der Waals surface area contributed by atoms with Gasteiger partial charge in [-0.15, -0.1) is 0 Å². The summed E-state index contributed by atoms with van der Waals surface area (Å²) in [6.45, 7) is 0.487. The minimum absolute atomic E-state index is 0.487. The van der Waals surface area contributed by atoms with Crippen LogP contribution in [0.25, 0.3) is 11.1 Å². The third kappa shape index (κ3) is 3.04. The number of benzene rings is 1. The summed E-state index contributed by atoms with van der Waals surface area (Å²) in [4.78, 5) is 4.34. The lowest BCUT2D eigenvalue weighted by Gasteiger charge is -2.06. The molecule has 0 fully saturated rings. The van der Waals surface area contributed by atoms with Crippen LogP contribution in [0.2, 0.25) is 5.02 Å². The average Bonchev–Trinajstić information content (AvgIpc) is 2.99. The Hall–Kier alpha value is -2.37. The summed E-state index contributed by atoms with van der Waals surface area (Å²) >= 11 is 6.15. The maximum atomic E-state index is 6.15. The van der Waals surface area contributed by atoms with Gasteiger partial charge in [-0.3, -0.25) is 4.68 Å². The van der Waals surface area contributed by atoms with Crippen LogP contribution in [-0.2, 0) is 6.54 Å². The molecule has 3 N–H and O–H groups in total. The van der Waals surface area contributed by atoms with Gasteiger partial charge in [0.25, 0.3) is 0 Å². The summed E-state index contributed by atoms with van der Waals surface area (Å²) in [7, 11) is 0. The zero-order chi connectivity index (χ0) is 14.7. The lowest BCUT2D eigenvalue weighted by Crippen LogP contribution is -2.11. The van der Waals surface area contributed by atoms with E-state index < -0.39 is 0 Å². The summed E-state index contributed by atoms with van der Waals surface area (Å²) in [5, 5.41) is 4.94. The summed E-state index contributed by atoms with van der Waals surface area (Å²) in [5.74, 6) is 5.94. The molecule has 0 saturated carbocycles. The first-order valence-electron chi connectivity index (χ1n) is 6.46. The van der Waals surface area contributed by atoms with Crippen molar-refractivity contribution in [2.45, 2.75) is 6.54 Å². The number of hydrogen-bond acceptors (Lipinski definition) is 4. The maximum absolute atomic E-state index is 6.15. The molecule has 0 aliphatic carbocycles. The molecule has 106 valence electrons. The molecule has 2 heterocycles. The topological polar surface area (TPSA) is 68.8 Å². The van der Waals surface area contributed by atoms with Gasteiger partial charge in [0.1, 0.15) is 5.82 Å². The van der Waals surface area contributed by atoms with E-state index in [-0.39, 0.29) is 0 Å². The van der Waals surface area contributed by atoms with Crippen molar-refractivity contribution >= 4 is 17.4 Å². The predicted molar refractivity (Wildman–Crippen MR) is 83.8 cm³/mol. The highest BCUT2D eigenvalue weighted by molar-refractivity contribution is 6.31. The number of halogens is 1. The molecule has 6 heteroatoms. The summed E-state index contributed by atoms with van der Waals surface area (Å²) in [6, 6.07) is 13.6. The number of anilines is 1. The number of nitrogens with two attached hydrogens (primary N) is 1. The minimum Gasteiger partial charge on any atom is -0.308 e. The van der Waals surface area contributed by atoms with Gasteiger partial charge in [-0.2, -0.15) is 5.10 Å². The largest absolute Gasteiger partial charge is 0.308 e. The Morgan fingerprint density at radius 2 is 1.90 bits per heavy atom. The predicted octanol–water partition coefficient (Wildman–Crippen LogP) is 2.93. The van der Waals surface area contributed by atoms with E-state index >= 15 is 0 Å². The van der Waals surface area contributed by atoms with Crippen molar-refractivity contribution in [2.24, 2.45) is 5.84 Å². The van der Waals surface area contributed by atoms with Gasteiger partial charge in [-0.25, -0.2) is 10.8 Å². The van der Waals surface area contributed by atoms with E-state index in [0.717, 1.165) is 16.8 Å². The highest BCUT2D eigenvalue weighted by atomic mass is 35.5. The van der Waals surface area contributed by atoms with E-state index in [1.807, 2.05) is 42.7 Å². The molecule has 0 radical (unpaired) electrons. The van der Waals surface area contributed by atoms with Crippen LogP contribution in [0.5, 0.6) is 0 Å². The fourth-order valence-corrected chi connectivity index (χ4v) is 2.22. The zero-order valence-electron chi connectivity index (χ0n) is 11.2. The molecule has 0 aliphatic heterocycles. The molecular formula is C15H14ClN5. The van der Waals surface area contributed by atoms with Gasteiger partial charge in [-0.1, -0.05) is 41.9 Å². The number of aromatic nitrogens is 3. The average molecular weight is 300 g/mol. The Kier molecular flexibility index (Phi) is 3.85.